The molecule has 0 spiro atoms. The van der Waals surface area contributed by atoms with E-state index in [-0.39, 0.29) is 0 Å². The quantitative estimate of drug-likeness (QED) is 0.508. The molecule has 0 radical (unpaired) electrons. The van der Waals surface area contributed by atoms with Crippen LogP contribution in [-0.2, 0) is 6.42 Å². The van der Waals surface area contributed by atoms with Gasteiger partial charge in [0.15, 0.2) is 0 Å². The molecule has 0 fully saturated rings. The van der Waals surface area contributed by atoms with Crippen LogP contribution in [0.1, 0.15) is 50.7 Å². The third kappa shape index (κ3) is 5.57. The lowest BCUT2D eigenvalue weighted by Crippen LogP contribution is -2.01. The van der Waals surface area contributed by atoms with Gasteiger partial charge < -0.3 is 4.74 Å². The number of ether oxygens (including phenoxy) is 1. The standard InChI is InChI=1S/C16H23NOS/c1-4-9-18-16-8-7-14(6-5-10-19-12-17)11-15(16)13(2)3/h7-8,11,13H,4-6,9-10H2,1-3H3. The van der Waals surface area contributed by atoms with Crippen molar-refractivity contribution in [2.24, 2.45) is 0 Å². The average Bonchev–Trinajstić information content (AvgIpc) is 2.41. The number of nitrogens with zero attached hydrogens (tertiary/aromatic N) is 1. The van der Waals surface area contributed by atoms with Crippen LogP contribution < -0.4 is 4.74 Å². The van der Waals surface area contributed by atoms with E-state index < -0.39 is 0 Å². The average molecular weight is 277 g/mol. The molecule has 0 saturated carbocycles. The van der Waals surface area contributed by atoms with Gasteiger partial charge in [-0.25, -0.2) is 0 Å². The smallest absolute Gasteiger partial charge is 0.133 e. The number of hydrogen-bond acceptors (Lipinski definition) is 3. The van der Waals surface area contributed by atoms with Gasteiger partial charge in [-0.3, -0.25) is 0 Å². The molecule has 0 heterocycles. The summed E-state index contributed by atoms with van der Waals surface area (Å²) in [5.74, 6) is 2.40. The fraction of sp³-hybridized carbons (Fsp3) is 0.562. The van der Waals surface area contributed by atoms with E-state index in [1.807, 2.05) is 0 Å². The zero-order valence-corrected chi connectivity index (χ0v) is 12.9. The highest BCUT2D eigenvalue weighted by Gasteiger charge is 2.09. The minimum atomic E-state index is 0.472. The van der Waals surface area contributed by atoms with Crippen molar-refractivity contribution in [3.8, 4) is 11.2 Å². The van der Waals surface area contributed by atoms with Gasteiger partial charge in [-0.2, -0.15) is 5.26 Å². The Labute approximate surface area is 121 Å². The molecular weight excluding hydrogens is 254 g/mol. The molecule has 0 aliphatic carbocycles. The lowest BCUT2D eigenvalue weighted by Gasteiger charge is -2.15. The van der Waals surface area contributed by atoms with Gasteiger partial charge in [0.05, 0.1) is 6.61 Å². The van der Waals surface area contributed by atoms with E-state index in [0.717, 1.165) is 37.4 Å². The summed E-state index contributed by atoms with van der Waals surface area (Å²) in [6.07, 6.45) is 3.11. The molecule has 2 nitrogen and oxygen atoms in total. The van der Waals surface area contributed by atoms with Gasteiger partial charge >= 0.3 is 0 Å². The van der Waals surface area contributed by atoms with Gasteiger partial charge in [0.2, 0.25) is 0 Å². The molecule has 1 aromatic carbocycles. The Bertz CT molecular complexity index is 423. The van der Waals surface area contributed by atoms with Crippen LogP contribution in [0.3, 0.4) is 0 Å². The monoisotopic (exact) mass is 277 g/mol. The zero-order valence-electron chi connectivity index (χ0n) is 12.1. The summed E-state index contributed by atoms with van der Waals surface area (Å²) in [6.45, 7) is 7.29. The van der Waals surface area contributed by atoms with Crippen molar-refractivity contribution in [3.63, 3.8) is 0 Å². The fourth-order valence-corrected chi connectivity index (χ4v) is 2.32. The largest absolute Gasteiger partial charge is 0.493 e. The summed E-state index contributed by atoms with van der Waals surface area (Å²) in [5.41, 5.74) is 2.63. The summed E-state index contributed by atoms with van der Waals surface area (Å²) in [4.78, 5) is 0. The molecular formula is C16H23NOS. The SMILES string of the molecule is CCCOc1ccc(CCCSC#N)cc1C(C)C. The zero-order chi connectivity index (χ0) is 14.1. The summed E-state index contributed by atoms with van der Waals surface area (Å²) < 4.78 is 5.80. The van der Waals surface area contributed by atoms with Crippen LogP contribution in [0.4, 0.5) is 0 Å². The molecule has 0 amide bonds. The van der Waals surface area contributed by atoms with Gasteiger partial charge in [0.25, 0.3) is 0 Å². The maximum Gasteiger partial charge on any atom is 0.133 e. The van der Waals surface area contributed by atoms with Gasteiger partial charge in [-0.05, 0) is 54.1 Å². The maximum atomic E-state index is 8.50. The maximum absolute atomic E-state index is 8.50. The second kappa shape index (κ2) is 8.87. The highest BCUT2D eigenvalue weighted by molar-refractivity contribution is 8.03. The van der Waals surface area contributed by atoms with Crippen molar-refractivity contribution < 1.29 is 4.74 Å². The first-order valence-corrected chi connectivity index (χ1v) is 7.94. The van der Waals surface area contributed by atoms with Crippen molar-refractivity contribution in [2.45, 2.75) is 46.0 Å². The minimum absolute atomic E-state index is 0.472. The number of hydrogen-bond donors (Lipinski definition) is 0. The first-order chi connectivity index (χ1) is 9.19. The van der Waals surface area contributed by atoms with Crippen LogP contribution in [0.15, 0.2) is 18.2 Å². The van der Waals surface area contributed by atoms with E-state index >= 15 is 0 Å². The van der Waals surface area contributed by atoms with Crippen LogP contribution in [-0.4, -0.2) is 12.4 Å². The van der Waals surface area contributed by atoms with Gasteiger partial charge in [-0.1, -0.05) is 32.9 Å². The molecule has 1 rings (SSSR count). The van der Waals surface area contributed by atoms with Crippen molar-refractivity contribution in [1.82, 2.24) is 0 Å². The lowest BCUT2D eigenvalue weighted by atomic mass is 9.98. The lowest BCUT2D eigenvalue weighted by molar-refractivity contribution is 0.313. The summed E-state index contributed by atoms with van der Waals surface area (Å²) in [6, 6.07) is 6.50. The molecule has 19 heavy (non-hydrogen) atoms. The highest BCUT2D eigenvalue weighted by Crippen LogP contribution is 2.28. The van der Waals surface area contributed by atoms with Crippen molar-refractivity contribution in [1.29, 1.82) is 5.26 Å². The Balaban J connectivity index is 2.70. The first kappa shape index (κ1) is 15.9. The highest BCUT2D eigenvalue weighted by atomic mass is 32.2. The number of rotatable bonds is 8. The van der Waals surface area contributed by atoms with Gasteiger partial charge in [0, 0.05) is 5.75 Å². The van der Waals surface area contributed by atoms with Crippen molar-refractivity contribution in [2.75, 3.05) is 12.4 Å². The molecule has 0 atom stereocenters. The number of thiocyanates is 1. The molecule has 0 bridgehead atoms. The van der Waals surface area contributed by atoms with Crippen molar-refractivity contribution in [3.05, 3.63) is 29.3 Å². The van der Waals surface area contributed by atoms with Crippen LogP contribution >= 0.6 is 11.8 Å². The molecule has 0 aliphatic heterocycles. The van der Waals surface area contributed by atoms with E-state index in [4.69, 9.17) is 10.00 Å². The van der Waals surface area contributed by atoms with Crippen LogP contribution in [0.5, 0.6) is 5.75 Å². The normalized spacial score (nSPS) is 10.5. The second-order valence-electron chi connectivity index (χ2n) is 4.92. The van der Waals surface area contributed by atoms with E-state index in [1.165, 1.54) is 22.9 Å². The third-order valence-electron chi connectivity index (χ3n) is 2.93. The van der Waals surface area contributed by atoms with Gasteiger partial charge in [0.1, 0.15) is 11.2 Å². The molecule has 1 aromatic rings. The molecule has 0 aliphatic rings. The Morgan fingerprint density at radius 2 is 2.16 bits per heavy atom. The Hall–Kier alpha value is -1.14. The molecule has 3 heteroatoms. The van der Waals surface area contributed by atoms with E-state index in [0.29, 0.717) is 5.92 Å². The molecule has 0 aromatic heterocycles. The van der Waals surface area contributed by atoms with E-state index in [1.54, 1.807) is 0 Å². The minimum Gasteiger partial charge on any atom is -0.493 e. The second-order valence-corrected chi connectivity index (χ2v) is 5.80. The molecule has 104 valence electrons. The summed E-state index contributed by atoms with van der Waals surface area (Å²) in [7, 11) is 0. The van der Waals surface area contributed by atoms with Crippen LogP contribution in [0.2, 0.25) is 0 Å². The van der Waals surface area contributed by atoms with Crippen LogP contribution in [0, 0.1) is 10.7 Å². The Morgan fingerprint density at radius 1 is 1.37 bits per heavy atom. The number of aryl methyl sites for hydroxylation is 1. The van der Waals surface area contributed by atoms with Crippen LogP contribution in [0.25, 0.3) is 0 Å². The molecule has 0 N–H and O–H groups in total. The summed E-state index contributed by atoms with van der Waals surface area (Å²) >= 11 is 1.33. The van der Waals surface area contributed by atoms with Gasteiger partial charge in [-0.15, -0.1) is 0 Å². The number of thioether (sulfide) groups is 1. The summed E-state index contributed by atoms with van der Waals surface area (Å²) in [5, 5.41) is 10.6. The topological polar surface area (TPSA) is 33.0 Å². The van der Waals surface area contributed by atoms with E-state index in [9.17, 15) is 0 Å². The first-order valence-electron chi connectivity index (χ1n) is 6.95. The van der Waals surface area contributed by atoms with Crippen molar-refractivity contribution >= 4 is 11.8 Å². The molecule has 0 unspecified atom stereocenters. The predicted octanol–water partition coefficient (Wildman–Crippen LogP) is 4.75. The number of nitriles is 1. The fourth-order valence-electron chi connectivity index (χ4n) is 1.94. The third-order valence-corrected chi connectivity index (χ3v) is 3.56. The van der Waals surface area contributed by atoms with E-state index in [2.05, 4.69) is 44.4 Å². The Kier molecular flexibility index (Phi) is 7.43. The predicted molar refractivity (Wildman–Crippen MR) is 82.7 cm³/mol. The number of benzene rings is 1. The Morgan fingerprint density at radius 3 is 2.79 bits per heavy atom. The molecule has 0 saturated heterocycles.